The van der Waals surface area contributed by atoms with E-state index in [4.69, 9.17) is 18.5 Å². The maximum Gasteiger partial charge on any atom is 0.315 e. The van der Waals surface area contributed by atoms with Crippen LogP contribution in [0, 0.1) is 0 Å². The van der Waals surface area contributed by atoms with Crippen LogP contribution in [0.25, 0.3) is 0 Å². The number of rotatable bonds is 41. The molecular formula is C45H83N4O10PS. The van der Waals surface area contributed by atoms with E-state index in [1.54, 1.807) is 0 Å². The van der Waals surface area contributed by atoms with Crippen LogP contribution < -0.4 is 26.6 Å². The van der Waals surface area contributed by atoms with Crippen LogP contribution in [0.5, 0.6) is 0 Å². The maximum absolute atomic E-state index is 12.6. The van der Waals surface area contributed by atoms with Gasteiger partial charge in [-0.2, -0.15) is 11.8 Å². The van der Waals surface area contributed by atoms with Crippen LogP contribution >= 0.6 is 19.6 Å². The molecule has 0 spiro atoms. The molecule has 16 heteroatoms. The first kappa shape index (κ1) is 55.0. The summed E-state index contributed by atoms with van der Waals surface area (Å²) in [6.45, 7) is 2.29. The third-order valence-electron chi connectivity index (χ3n) is 11.1. The minimum Gasteiger partial charge on any atom is -0.756 e. The number of hydrogen-bond acceptors (Lipinski definition) is 11. The summed E-state index contributed by atoms with van der Waals surface area (Å²) in [4.78, 5) is 60.9. The molecule has 2 saturated heterocycles. The van der Waals surface area contributed by atoms with Gasteiger partial charge in [-0.15, -0.1) is 0 Å². The molecule has 61 heavy (non-hydrogen) atoms. The minimum absolute atomic E-state index is 0.0589. The number of thioether (sulfide) groups is 1. The fourth-order valence-corrected chi connectivity index (χ4v) is 9.89. The van der Waals surface area contributed by atoms with Crippen LogP contribution in [0.3, 0.4) is 0 Å². The number of allylic oxidation sites excluding steroid dienone is 2. The topological polar surface area (TPSA) is 209 Å². The number of carbonyl (C=O) groups excluding carboxylic acids is 4. The quantitative estimate of drug-likeness (QED) is 0.0152. The molecule has 354 valence electrons. The lowest BCUT2D eigenvalue weighted by Gasteiger charge is -2.25. The van der Waals surface area contributed by atoms with Gasteiger partial charge in [0.25, 0.3) is 7.82 Å². The van der Waals surface area contributed by atoms with E-state index in [-0.39, 0.29) is 56.6 Å². The van der Waals surface area contributed by atoms with Crippen molar-refractivity contribution in [1.29, 1.82) is 0 Å². The van der Waals surface area contributed by atoms with Crippen molar-refractivity contribution in [1.82, 2.24) is 16.0 Å². The van der Waals surface area contributed by atoms with Crippen molar-refractivity contribution in [2.45, 2.75) is 210 Å². The van der Waals surface area contributed by atoms with Crippen LogP contribution in [-0.2, 0) is 37.5 Å². The van der Waals surface area contributed by atoms with Gasteiger partial charge >= 0.3 is 18.0 Å². The summed E-state index contributed by atoms with van der Waals surface area (Å²) in [6, 6.07) is 0.409. The molecule has 2 heterocycles. The van der Waals surface area contributed by atoms with Gasteiger partial charge in [0, 0.05) is 36.8 Å². The minimum atomic E-state index is -4.61. The highest BCUT2D eigenvalue weighted by Crippen LogP contribution is 2.38. The van der Waals surface area contributed by atoms with Crippen molar-refractivity contribution in [2.24, 2.45) is 0 Å². The predicted octanol–water partition coefficient (Wildman–Crippen LogP) is 7.97. The van der Waals surface area contributed by atoms with Crippen molar-refractivity contribution in [3.8, 4) is 0 Å². The van der Waals surface area contributed by atoms with Gasteiger partial charge in [-0.1, -0.05) is 122 Å². The van der Waals surface area contributed by atoms with Gasteiger partial charge in [-0.25, -0.2) is 4.79 Å². The summed E-state index contributed by atoms with van der Waals surface area (Å²) in [7, 11) is -4.61. The molecule has 2 aliphatic heterocycles. The van der Waals surface area contributed by atoms with Gasteiger partial charge < -0.3 is 45.1 Å². The van der Waals surface area contributed by atoms with Gasteiger partial charge in [-0.05, 0) is 57.8 Å². The number of phosphoric acid groups is 1. The highest BCUT2D eigenvalue weighted by Gasteiger charge is 2.42. The number of carbonyl (C=O) groups is 4. The lowest BCUT2D eigenvalue weighted by molar-refractivity contribution is -0.373. The fourth-order valence-electron chi connectivity index (χ4n) is 7.57. The second kappa shape index (κ2) is 36.2. The highest BCUT2D eigenvalue weighted by atomic mass is 32.2. The van der Waals surface area contributed by atoms with E-state index >= 15 is 0 Å². The van der Waals surface area contributed by atoms with E-state index in [0.717, 1.165) is 115 Å². The van der Waals surface area contributed by atoms with Crippen molar-refractivity contribution in [3.63, 3.8) is 0 Å². The second-order valence-corrected chi connectivity index (χ2v) is 19.4. The van der Waals surface area contributed by atoms with Crippen molar-refractivity contribution < 1.29 is 52.9 Å². The maximum atomic E-state index is 12.6. The van der Waals surface area contributed by atoms with E-state index in [2.05, 4.69) is 40.8 Å². The van der Waals surface area contributed by atoms with Gasteiger partial charge in [0.1, 0.15) is 13.2 Å². The average Bonchev–Trinajstić information content (AvgIpc) is 3.80. The predicted molar refractivity (Wildman–Crippen MR) is 241 cm³/mol. The van der Waals surface area contributed by atoms with Crippen molar-refractivity contribution in [3.05, 3.63) is 12.2 Å². The molecule has 0 aromatic rings. The van der Waals surface area contributed by atoms with E-state index in [1.807, 2.05) is 11.8 Å². The van der Waals surface area contributed by atoms with E-state index in [0.29, 0.717) is 31.1 Å². The summed E-state index contributed by atoms with van der Waals surface area (Å²) in [5.41, 5.74) is 3.55. The third-order valence-corrected chi connectivity index (χ3v) is 13.6. The van der Waals surface area contributed by atoms with E-state index in [1.165, 1.54) is 38.5 Å². The number of quaternary nitrogens is 1. The number of hydrogen-bond donors (Lipinski definition) is 4. The number of esters is 2. The van der Waals surface area contributed by atoms with Crippen LogP contribution in [-0.4, -0.2) is 86.0 Å². The number of urea groups is 1. The third kappa shape index (κ3) is 29.8. The Balaban J connectivity index is 1.46. The number of phosphoric ester groups is 1. The molecule has 2 rings (SSSR count). The molecule has 0 aromatic carbocycles. The van der Waals surface area contributed by atoms with Crippen LogP contribution in [0.15, 0.2) is 12.2 Å². The molecule has 3 amide bonds. The molecule has 0 aliphatic carbocycles. The largest absolute Gasteiger partial charge is 0.756 e. The lowest BCUT2D eigenvalue weighted by Crippen LogP contribution is -2.52. The molecular weight excluding hydrogens is 820 g/mol. The Kier molecular flexibility index (Phi) is 32.6. The molecule has 2 fully saturated rings. The first-order valence-electron chi connectivity index (χ1n) is 24.0. The normalized spacial score (nSPS) is 18.7. The van der Waals surface area contributed by atoms with Gasteiger partial charge in [0.15, 0.2) is 6.10 Å². The molecule has 6 N–H and O–H groups in total. The molecule has 1 unspecified atom stereocenters. The highest BCUT2D eigenvalue weighted by molar-refractivity contribution is 8.00. The number of fused-ring (bicyclic) bond motifs is 1. The Hall–Kier alpha value is -2.16. The molecule has 5 atom stereocenters. The van der Waals surface area contributed by atoms with Crippen molar-refractivity contribution in [2.75, 3.05) is 38.7 Å². The van der Waals surface area contributed by atoms with E-state index < -0.39 is 32.5 Å². The zero-order valence-corrected chi connectivity index (χ0v) is 39.4. The van der Waals surface area contributed by atoms with Gasteiger partial charge in [0.05, 0.1) is 25.2 Å². The number of ether oxygens (including phenoxy) is 2. The Bertz CT molecular complexity index is 1260. The second-order valence-electron chi connectivity index (χ2n) is 16.7. The van der Waals surface area contributed by atoms with Crippen LogP contribution in [0.2, 0.25) is 0 Å². The standard InChI is InChI=1S/C45H83N4O10PS/c1-2-3-4-5-6-7-8-9-10-11-12-14-18-21-24-31-43(52)59-38(36-58-60(54,55)57-34-32-46)35-56-42(51)30-23-20-17-15-13-16-19-22-27-33-47-41(50)29-26-25-28-40-44-39(37-61-40)48-45(53)49-44/h9-10,38-40,44H,2-8,11-37,46H2,1H3,(H,47,50)(H,54,55)(H2,48,49,53)/b10-9-/t38-,39+,40+,44+/m1/s1. The monoisotopic (exact) mass is 903 g/mol. The van der Waals surface area contributed by atoms with Crippen LogP contribution in [0.1, 0.15) is 187 Å². The number of unbranched alkanes of at least 4 members (excludes halogenated alkanes) is 20. The van der Waals surface area contributed by atoms with E-state index in [9.17, 15) is 28.6 Å². The Morgan fingerprint density at radius 1 is 0.770 bits per heavy atom. The summed E-state index contributed by atoms with van der Waals surface area (Å²) in [5, 5.41) is 9.47. The summed E-state index contributed by atoms with van der Waals surface area (Å²) in [6.07, 6.45) is 31.5. The summed E-state index contributed by atoms with van der Waals surface area (Å²) in [5.74, 6) is 0.171. The molecule has 0 radical (unpaired) electrons. The number of nitrogens with one attached hydrogen (secondary N) is 3. The Morgan fingerprint density at radius 2 is 1.34 bits per heavy atom. The smallest absolute Gasteiger partial charge is 0.315 e. The Labute approximate surface area is 372 Å². The fraction of sp³-hybridized carbons (Fsp3) is 0.867. The molecule has 2 aliphatic rings. The van der Waals surface area contributed by atoms with Gasteiger partial charge in [-0.3, -0.25) is 18.9 Å². The molecule has 0 bridgehead atoms. The zero-order valence-electron chi connectivity index (χ0n) is 37.7. The molecule has 0 saturated carbocycles. The van der Waals surface area contributed by atoms with Crippen molar-refractivity contribution >= 4 is 43.5 Å². The zero-order chi connectivity index (χ0) is 44.2. The first-order chi connectivity index (χ1) is 29.6. The molecule has 0 aromatic heterocycles. The average molecular weight is 903 g/mol. The first-order valence-corrected chi connectivity index (χ1v) is 26.5. The molecule has 14 nitrogen and oxygen atoms in total. The van der Waals surface area contributed by atoms with Crippen LogP contribution in [0.4, 0.5) is 4.79 Å². The SMILES string of the molecule is CCCCCCCC/C=C\CCCCCCCC(=O)O[C@H](COC(=O)CCCCCCCCCCCNC(=O)CCCC[C@@H]1SC[C@@H]2NC(=O)N[C@@H]21)COP(=O)([O-])OCC[NH3+]. The summed E-state index contributed by atoms with van der Waals surface area (Å²) >= 11 is 1.91. The summed E-state index contributed by atoms with van der Waals surface area (Å²) < 4.78 is 32.6. The lowest BCUT2D eigenvalue weighted by atomic mass is 10.0. The van der Waals surface area contributed by atoms with Gasteiger partial charge in [0.2, 0.25) is 5.91 Å². The number of amides is 3. The Morgan fingerprint density at radius 3 is 1.98 bits per heavy atom.